The van der Waals surface area contributed by atoms with Crippen molar-refractivity contribution in [2.45, 2.75) is 20.0 Å². The van der Waals surface area contributed by atoms with Crippen LogP contribution in [-0.2, 0) is 13.1 Å². The second-order valence-corrected chi connectivity index (χ2v) is 3.44. The van der Waals surface area contributed by atoms with Crippen LogP contribution in [0.15, 0.2) is 35.5 Å². The van der Waals surface area contributed by atoms with Crippen molar-refractivity contribution >= 4 is 0 Å². The molecule has 0 aliphatic carbocycles. The van der Waals surface area contributed by atoms with E-state index in [2.05, 4.69) is 23.3 Å². The van der Waals surface area contributed by atoms with E-state index in [-0.39, 0.29) is 0 Å². The Labute approximate surface area is 88.9 Å². The topological polar surface area (TPSA) is 43.0 Å². The Bertz CT molecular complexity index is 392. The third-order valence-corrected chi connectivity index (χ3v) is 2.18. The molecule has 2 aromatic rings. The molecule has 2 aromatic heterocycles. The number of furan rings is 1. The average molecular weight is 205 g/mol. The second-order valence-electron chi connectivity index (χ2n) is 3.44. The molecule has 0 aliphatic heterocycles. The lowest BCUT2D eigenvalue weighted by Crippen LogP contribution is -2.10. The van der Waals surface area contributed by atoms with Crippen molar-refractivity contribution in [1.82, 2.24) is 14.9 Å². The van der Waals surface area contributed by atoms with Crippen molar-refractivity contribution in [2.75, 3.05) is 6.54 Å². The summed E-state index contributed by atoms with van der Waals surface area (Å²) in [6, 6.07) is 2.07. The summed E-state index contributed by atoms with van der Waals surface area (Å²) in [5.74, 6) is 0.959. The standard InChI is InChI=1S/C11H15N3O/c1-2-12-6-10-5-11(15-8-10)7-14-4-3-13-9-14/h3-5,8-9,12H,2,6-7H2,1H3. The van der Waals surface area contributed by atoms with Crippen molar-refractivity contribution in [1.29, 1.82) is 0 Å². The lowest BCUT2D eigenvalue weighted by atomic mass is 10.3. The van der Waals surface area contributed by atoms with Gasteiger partial charge >= 0.3 is 0 Å². The van der Waals surface area contributed by atoms with Crippen LogP contribution in [0, 0.1) is 0 Å². The highest BCUT2D eigenvalue weighted by atomic mass is 16.3. The molecule has 0 fully saturated rings. The number of hydrogen-bond acceptors (Lipinski definition) is 3. The SMILES string of the molecule is CCNCc1coc(Cn2ccnc2)c1. The zero-order valence-electron chi connectivity index (χ0n) is 8.81. The summed E-state index contributed by atoms with van der Waals surface area (Å²) in [4.78, 5) is 3.98. The zero-order valence-corrected chi connectivity index (χ0v) is 8.81. The Kier molecular flexibility index (Phi) is 3.19. The van der Waals surface area contributed by atoms with E-state index in [1.54, 1.807) is 18.8 Å². The lowest BCUT2D eigenvalue weighted by Gasteiger charge is -1.96. The number of rotatable bonds is 5. The summed E-state index contributed by atoms with van der Waals surface area (Å²) < 4.78 is 7.43. The van der Waals surface area contributed by atoms with Gasteiger partial charge in [-0.2, -0.15) is 0 Å². The van der Waals surface area contributed by atoms with E-state index >= 15 is 0 Å². The van der Waals surface area contributed by atoms with Crippen LogP contribution in [0.5, 0.6) is 0 Å². The monoisotopic (exact) mass is 205 g/mol. The van der Waals surface area contributed by atoms with Gasteiger partial charge in [0.15, 0.2) is 0 Å². The maximum atomic E-state index is 5.45. The predicted molar refractivity (Wildman–Crippen MR) is 57.4 cm³/mol. The van der Waals surface area contributed by atoms with Gasteiger partial charge in [-0.25, -0.2) is 4.98 Å². The van der Waals surface area contributed by atoms with Gasteiger partial charge in [-0.05, 0) is 12.6 Å². The van der Waals surface area contributed by atoms with Gasteiger partial charge in [-0.15, -0.1) is 0 Å². The minimum Gasteiger partial charge on any atom is -0.467 e. The van der Waals surface area contributed by atoms with Gasteiger partial charge in [0.25, 0.3) is 0 Å². The molecule has 0 bridgehead atoms. The smallest absolute Gasteiger partial charge is 0.123 e. The number of hydrogen-bond donors (Lipinski definition) is 1. The van der Waals surface area contributed by atoms with E-state index in [0.29, 0.717) is 0 Å². The van der Waals surface area contributed by atoms with Crippen molar-refractivity contribution in [3.05, 3.63) is 42.4 Å². The summed E-state index contributed by atoms with van der Waals surface area (Å²) in [5.41, 5.74) is 1.19. The van der Waals surface area contributed by atoms with E-state index in [4.69, 9.17) is 4.42 Å². The van der Waals surface area contributed by atoms with Crippen LogP contribution in [0.3, 0.4) is 0 Å². The maximum Gasteiger partial charge on any atom is 0.123 e. The molecule has 15 heavy (non-hydrogen) atoms. The lowest BCUT2D eigenvalue weighted by molar-refractivity contribution is 0.491. The fourth-order valence-electron chi connectivity index (χ4n) is 1.43. The zero-order chi connectivity index (χ0) is 10.5. The molecule has 0 spiro atoms. The van der Waals surface area contributed by atoms with Crippen LogP contribution < -0.4 is 5.32 Å². The van der Waals surface area contributed by atoms with Gasteiger partial charge in [0.1, 0.15) is 5.76 Å². The van der Waals surface area contributed by atoms with Gasteiger partial charge in [0.2, 0.25) is 0 Å². The largest absolute Gasteiger partial charge is 0.467 e. The van der Waals surface area contributed by atoms with Crippen LogP contribution in [0.25, 0.3) is 0 Å². The van der Waals surface area contributed by atoms with Crippen molar-refractivity contribution in [3.63, 3.8) is 0 Å². The summed E-state index contributed by atoms with van der Waals surface area (Å²) in [7, 11) is 0. The first-order valence-corrected chi connectivity index (χ1v) is 5.11. The first kappa shape index (κ1) is 9.98. The summed E-state index contributed by atoms with van der Waals surface area (Å²) in [5, 5.41) is 3.26. The predicted octanol–water partition coefficient (Wildman–Crippen LogP) is 1.63. The quantitative estimate of drug-likeness (QED) is 0.806. The van der Waals surface area contributed by atoms with Crippen LogP contribution in [-0.4, -0.2) is 16.1 Å². The van der Waals surface area contributed by atoms with E-state index in [1.165, 1.54) is 5.56 Å². The molecule has 4 heteroatoms. The molecule has 2 rings (SSSR count). The highest BCUT2D eigenvalue weighted by molar-refractivity contribution is 5.13. The summed E-state index contributed by atoms with van der Waals surface area (Å²) >= 11 is 0. The van der Waals surface area contributed by atoms with E-state index in [9.17, 15) is 0 Å². The van der Waals surface area contributed by atoms with Crippen LogP contribution in [0.4, 0.5) is 0 Å². The van der Waals surface area contributed by atoms with Gasteiger partial charge in [0.05, 0.1) is 19.1 Å². The molecular weight excluding hydrogens is 190 g/mol. The normalized spacial score (nSPS) is 10.7. The van der Waals surface area contributed by atoms with Crippen molar-refractivity contribution < 1.29 is 4.42 Å². The molecule has 0 amide bonds. The molecule has 0 saturated carbocycles. The van der Waals surface area contributed by atoms with Crippen LogP contribution >= 0.6 is 0 Å². The summed E-state index contributed by atoms with van der Waals surface area (Å²) in [6.45, 7) is 4.67. The first-order chi connectivity index (χ1) is 7.38. The highest BCUT2D eigenvalue weighted by Crippen LogP contribution is 2.09. The fourth-order valence-corrected chi connectivity index (χ4v) is 1.43. The van der Waals surface area contributed by atoms with E-state index in [0.717, 1.165) is 25.4 Å². The molecule has 0 aromatic carbocycles. The molecular formula is C11H15N3O. The number of nitrogens with one attached hydrogen (secondary N) is 1. The molecule has 0 unspecified atom stereocenters. The molecule has 0 aliphatic rings. The van der Waals surface area contributed by atoms with E-state index in [1.807, 2.05) is 10.8 Å². The molecule has 2 heterocycles. The van der Waals surface area contributed by atoms with E-state index < -0.39 is 0 Å². The van der Waals surface area contributed by atoms with Crippen molar-refractivity contribution in [3.8, 4) is 0 Å². The minimum absolute atomic E-state index is 0.742. The molecule has 0 saturated heterocycles. The number of imidazole rings is 1. The number of aromatic nitrogens is 2. The van der Waals surface area contributed by atoms with Crippen LogP contribution in [0.1, 0.15) is 18.2 Å². The highest BCUT2D eigenvalue weighted by Gasteiger charge is 2.01. The molecule has 0 radical (unpaired) electrons. The first-order valence-electron chi connectivity index (χ1n) is 5.11. The average Bonchev–Trinajstić information content (AvgIpc) is 2.87. The van der Waals surface area contributed by atoms with Gasteiger partial charge in [-0.1, -0.05) is 6.92 Å². The Morgan fingerprint density at radius 1 is 1.53 bits per heavy atom. The third-order valence-electron chi connectivity index (χ3n) is 2.18. The Morgan fingerprint density at radius 3 is 3.20 bits per heavy atom. The Balaban J connectivity index is 1.95. The Morgan fingerprint density at radius 2 is 2.47 bits per heavy atom. The fraction of sp³-hybridized carbons (Fsp3) is 0.364. The molecule has 4 nitrogen and oxygen atoms in total. The molecule has 80 valence electrons. The molecule has 0 atom stereocenters. The van der Waals surface area contributed by atoms with Gasteiger partial charge < -0.3 is 14.3 Å². The Hall–Kier alpha value is -1.55. The molecule has 1 N–H and O–H groups in total. The summed E-state index contributed by atoms with van der Waals surface area (Å²) in [6.07, 6.45) is 7.27. The maximum absolute atomic E-state index is 5.45. The third kappa shape index (κ3) is 2.70. The second kappa shape index (κ2) is 4.79. The van der Waals surface area contributed by atoms with Crippen LogP contribution in [0.2, 0.25) is 0 Å². The van der Waals surface area contributed by atoms with Gasteiger partial charge in [0, 0.05) is 24.5 Å². The van der Waals surface area contributed by atoms with Gasteiger partial charge in [-0.3, -0.25) is 0 Å². The number of nitrogens with zero attached hydrogens (tertiary/aromatic N) is 2. The van der Waals surface area contributed by atoms with Crippen molar-refractivity contribution in [2.24, 2.45) is 0 Å². The minimum atomic E-state index is 0.742.